The first-order chi connectivity index (χ1) is 8.97. The monoisotopic (exact) mass is 274 g/mol. The van der Waals surface area contributed by atoms with Crippen molar-refractivity contribution in [2.24, 2.45) is 0 Å². The summed E-state index contributed by atoms with van der Waals surface area (Å²) < 4.78 is 0. The molecule has 2 rings (SSSR count). The maximum atomic E-state index is 4.70. The Labute approximate surface area is 119 Å². The first-order valence-electron chi connectivity index (χ1n) is 6.70. The minimum Gasteiger partial charge on any atom is -0.305 e. The Hall–Kier alpha value is -1.19. The summed E-state index contributed by atoms with van der Waals surface area (Å²) in [7, 11) is 0. The summed E-state index contributed by atoms with van der Waals surface area (Å²) in [6.45, 7) is 9.62. The molecule has 0 saturated heterocycles. The second-order valence-corrected chi connectivity index (χ2v) is 6.77. The van der Waals surface area contributed by atoms with Crippen molar-refractivity contribution in [3.63, 3.8) is 0 Å². The van der Waals surface area contributed by atoms with Gasteiger partial charge in [0, 0.05) is 23.4 Å². The first kappa shape index (κ1) is 14.2. The van der Waals surface area contributed by atoms with Gasteiger partial charge < -0.3 is 5.32 Å². The standard InChI is InChI=1S/C16H22N2S/c1-12(13-8-6-5-7-9-13)17-10-14-11-19-15(18-14)16(2,3)4/h5-9,11-12,17H,10H2,1-4H3. The summed E-state index contributed by atoms with van der Waals surface area (Å²) in [5, 5.41) is 6.89. The Morgan fingerprint density at radius 3 is 2.47 bits per heavy atom. The second-order valence-electron chi connectivity index (χ2n) is 5.91. The number of thiazole rings is 1. The third-order valence-electron chi connectivity index (χ3n) is 3.08. The topological polar surface area (TPSA) is 24.9 Å². The van der Waals surface area contributed by atoms with Crippen molar-refractivity contribution in [3.8, 4) is 0 Å². The van der Waals surface area contributed by atoms with Crippen LogP contribution in [0.2, 0.25) is 0 Å². The Kier molecular flexibility index (Phi) is 4.38. The fraction of sp³-hybridized carbons (Fsp3) is 0.438. The minimum atomic E-state index is 0.147. The van der Waals surface area contributed by atoms with Crippen molar-refractivity contribution in [2.45, 2.75) is 45.7 Å². The van der Waals surface area contributed by atoms with Crippen LogP contribution < -0.4 is 5.32 Å². The summed E-state index contributed by atoms with van der Waals surface area (Å²) in [5.41, 5.74) is 2.60. The fourth-order valence-electron chi connectivity index (χ4n) is 1.85. The van der Waals surface area contributed by atoms with E-state index in [1.54, 1.807) is 11.3 Å². The third kappa shape index (κ3) is 3.88. The lowest BCUT2D eigenvalue weighted by atomic mass is 9.98. The van der Waals surface area contributed by atoms with Crippen molar-refractivity contribution in [3.05, 3.63) is 52.0 Å². The van der Waals surface area contributed by atoms with Gasteiger partial charge in [-0.25, -0.2) is 4.98 Å². The summed E-state index contributed by atoms with van der Waals surface area (Å²) >= 11 is 1.75. The summed E-state index contributed by atoms with van der Waals surface area (Å²) in [5.74, 6) is 0. The quantitative estimate of drug-likeness (QED) is 0.899. The van der Waals surface area contributed by atoms with E-state index in [4.69, 9.17) is 4.98 Å². The molecule has 1 atom stereocenters. The van der Waals surface area contributed by atoms with E-state index in [1.165, 1.54) is 10.6 Å². The van der Waals surface area contributed by atoms with Gasteiger partial charge in [0.1, 0.15) is 0 Å². The van der Waals surface area contributed by atoms with E-state index in [0.29, 0.717) is 6.04 Å². The molecule has 1 heterocycles. The molecule has 1 N–H and O–H groups in total. The molecule has 0 aliphatic rings. The zero-order chi connectivity index (χ0) is 13.9. The zero-order valence-corrected chi connectivity index (χ0v) is 12.9. The van der Waals surface area contributed by atoms with Crippen molar-refractivity contribution in [1.82, 2.24) is 10.3 Å². The molecule has 0 amide bonds. The molecule has 0 saturated carbocycles. The van der Waals surface area contributed by atoms with E-state index in [0.717, 1.165) is 12.2 Å². The van der Waals surface area contributed by atoms with Gasteiger partial charge in [-0.15, -0.1) is 11.3 Å². The van der Waals surface area contributed by atoms with Gasteiger partial charge in [0.25, 0.3) is 0 Å². The van der Waals surface area contributed by atoms with Crippen LogP contribution in [0.25, 0.3) is 0 Å². The lowest BCUT2D eigenvalue weighted by Crippen LogP contribution is -2.18. The van der Waals surface area contributed by atoms with Crippen LogP contribution in [0.4, 0.5) is 0 Å². The lowest BCUT2D eigenvalue weighted by Gasteiger charge is -2.14. The highest BCUT2D eigenvalue weighted by Crippen LogP contribution is 2.25. The Morgan fingerprint density at radius 2 is 1.89 bits per heavy atom. The van der Waals surface area contributed by atoms with Crippen LogP contribution in [0, 0.1) is 0 Å². The molecule has 19 heavy (non-hydrogen) atoms. The van der Waals surface area contributed by atoms with Crippen LogP contribution in [-0.2, 0) is 12.0 Å². The number of nitrogens with zero attached hydrogens (tertiary/aromatic N) is 1. The average molecular weight is 274 g/mol. The van der Waals surface area contributed by atoms with E-state index >= 15 is 0 Å². The Balaban J connectivity index is 1.94. The first-order valence-corrected chi connectivity index (χ1v) is 7.58. The number of rotatable bonds is 4. The normalized spacial score (nSPS) is 13.5. The van der Waals surface area contributed by atoms with E-state index in [9.17, 15) is 0 Å². The Morgan fingerprint density at radius 1 is 1.21 bits per heavy atom. The van der Waals surface area contributed by atoms with Gasteiger partial charge in [0.2, 0.25) is 0 Å². The van der Waals surface area contributed by atoms with Gasteiger partial charge in [0.05, 0.1) is 10.7 Å². The number of aromatic nitrogens is 1. The molecule has 0 fully saturated rings. The zero-order valence-electron chi connectivity index (χ0n) is 12.1. The molecule has 1 unspecified atom stereocenters. The van der Waals surface area contributed by atoms with Crippen molar-refractivity contribution >= 4 is 11.3 Å². The van der Waals surface area contributed by atoms with Gasteiger partial charge in [-0.1, -0.05) is 51.1 Å². The highest BCUT2D eigenvalue weighted by molar-refractivity contribution is 7.09. The summed E-state index contributed by atoms with van der Waals surface area (Å²) in [6, 6.07) is 10.9. The van der Waals surface area contributed by atoms with Gasteiger partial charge in [-0.2, -0.15) is 0 Å². The largest absolute Gasteiger partial charge is 0.305 e. The van der Waals surface area contributed by atoms with Crippen LogP contribution >= 0.6 is 11.3 Å². The molecule has 3 heteroatoms. The van der Waals surface area contributed by atoms with Crippen molar-refractivity contribution in [2.75, 3.05) is 0 Å². The van der Waals surface area contributed by atoms with Crippen LogP contribution in [-0.4, -0.2) is 4.98 Å². The van der Waals surface area contributed by atoms with Gasteiger partial charge in [-0.05, 0) is 12.5 Å². The average Bonchev–Trinajstić information content (AvgIpc) is 2.86. The van der Waals surface area contributed by atoms with E-state index < -0.39 is 0 Å². The van der Waals surface area contributed by atoms with Crippen molar-refractivity contribution < 1.29 is 0 Å². The maximum Gasteiger partial charge on any atom is 0.0982 e. The number of hydrogen-bond donors (Lipinski definition) is 1. The molecule has 102 valence electrons. The summed E-state index contributed by atoms with van der Waals surface area (Å²) in [6.07, 6.45) is 0. The van der Waals surface area contributed by atoms with Crippen LogP contribution in [0.3, 0.4) is 0 Å². The van der Waals surface area contributed by atoms with Crippen LogP contribution in [0.15, 0.2) is 35.7 Å². The molecule has 0 aliphatic heterocycles. The minimum absolute atomic E-state index is 0.147. The predicted molar refractivity (Wildman–Crippen MR) is 82.5 cm³/mol. The molecular formula is C16H22N2S. The lowest BCUT2D eigenvalue weighted by molar-refractivity contribution is 0.556. The molecule has 0 radical (unpaired) electrons. The smallest absolute Gasteiger partial charge is 0.0982 e. The highest BCUT2D eigenvalue weighted by Gasteiger charge is 2.18. The summed E-state index contributed by atoms with van der Waals surface area (Å²) in [4.78, 5) is 4.70. The van der Waals surface area contributed by atoms with Gasteiger partial charge >= 0.3 is 0 Å². The fourth-order valence-corrected chi connectivity index (χ4v) is 2.76. The van der Waals surface area contributed by atoms with Gasteiger partial charge in [0.15, 0.2) is 0 Å². The molecule has 2 aromatic rings. The number of benzene rings is 1. The third-order valence-corrected chi connectivity index (χ3v) is 4.40. The predicted octanol–water partition coefficient (Wildman–Crippen LogP) is 4.29. The number of nitrogens with one attached hydrogen (secondary N) is 1. The number of hydrogen-bond acceptors (Lipinski definition) is 3. The van der Waals surface area contributed by atoms with E-state index in [1.807, 2.05) is 6.07 Å². The molecule has 0 spiro atoms. The van der Waals surface area contributed by atoms with Gasteiger partial charge in [-0.3, -0.25) is 0 Å². The maximum absolute atomic E-state index is 4.70. The van der Waals surface area contributed by atoms with Crippen molar-refractivity contribution in [1.29, 1.82) is 0 Å². The van der Waals surface area contributed by atoms with E-state index in [-0.39, 0.29) is 5.41 Å². The molecule has 2 nitrogen and oxygen atoms in total. The van der Waals surface area contributed by atoms with Crippen LogP contribution in [0.5, 0.6) is 0 Å². The van der Waals surface area contributed by atoms with E-state index in [2.05, 4.69) is 62.7 Å². The van der Waals surface area contributed by atoms with Crippen LogP contribution in [0.1, 0.15) is 50.0 Å². The molecule has 1 aromatic heterocycles. The molecular weight excluding hydrogens is 252 g/mol. The molecule has 0 aliphatic carbocycles. The molecule has 1 aromatic carbocycles. The highest BCUT2D eigenvalue weighted by atomic mass is 32.1. The second kappa shape index (κ2) is 5.85. The molecule has 0 bridgehead atoms. The SMILES string of the molecule is CC(NCc1csc(C(C)(C)C)n1)c1ccccc1. The Bertz CT molecular complexity index is 511.